The molecule has 0 radical (unpaired) electrons. The van der Waals surface area contributed by atoms with Crippen molar-refractivity contribution in [2.24, 2.45) is 0 Å². The van der Waals surface area contributed by atoms with Crippen LogP contribution in [0.25, 0.3) is 0 Å². The zero-order valence-electron chi connectivity index (χ0n) is 9.96. The second-order valence-electron chi connectivity index (χ2n) is 3.68. The lowest BCUT2D eigenvalue weighted by molar-refractivity contribution is -0.136. The van der Waals surface area contributed by atoms with E-state index >= 15 is 0 Å². The first-order chi connectivity index (χ1) is 8.13. The fourth-order valence-corrected chi connectivity index (χ4v) is 1.59. The van der Waals surface area contributed by atoms with Crippen LogP contribution in [0, 0.1) is 0 Å². The number of hydrogen-bond donors (Lipinski definition) is 2. The minimum Gasteiger partial charge on any atom is -0.481 e. The number of aliphatic hydroxyl groups is 1. The molecule has 0 aliphatic rings. The summed E-state index contributed by atoms with van der Waals surface area (Å²) in [6, 6.07) is -0.199. The van der Waals surface area contributed by atoms with E-state index in [2.05, 4.69) is 10.3 Å². The molecule has 0 aromatic carbocycles. The molecule has 0 saturated carbocycles. The van der Waals surface area contributed by atoms with Crippen molar-refractivity contribution >= 4 is 5.97 Å². The number of rotatable bonds is 7. The van der Waals surface area contributed by atoms with Gasteiger partial charge in [0.15, 0.2) is 0 Å². The van der Waals surface area contributed by atoms with Crippen molar-refractivity contribution in [3.05, 3.63) is 11.4 Å². The molecule has 1 aromatic heterocycles. The molecule has 17 heavy (non-hydrogen) atoms. The molecule has 7 nitrogen and oxygen atoms in total. The standard InChI is InChI=1S/C10H17N3O4/c1-3-7(5-14)13-9(6-17-2)8(11-12-13)4-10(15)16/h7,14H,3-6H2,1-2H3,(H,15,16). The van der Waals surface area contributed by atoms with Gasteiger partial charge in [0.25, 0.3) is 0 Å². The molecule has 1 aromatic rings. The monoisotopic (exact) mass is 243 g/mol. The third-order valence-electron chi connectivity index (χ3n) is 2.50. The highest BCUT2D eigenvalue weighted by Crippen LogP contribution is 2.16. The largest absolute Gasteiger partial charge is 0.481 e. The van der Waals surface area contributed by atoms with Crippen molar-refractivity contribution < 1.29 is 19.7 Å². The van der Waals surface area contributed by atoms with Crippen LogP contribution in [0.5, 0.6) is 0 Å². The highest BCUT2D eigenvalue weighted by molar-refractivity contribution is 5.69. The Balaban J connectivity index is 3.04. The lowest BCUT2D eigenvalue weighted by atomic mass is 10.2. The number of aliphatic carboxylic acids is 1. The number of carboxylic acids is 1. The highest BCUT2D eigenvalue weighted by atomic mass is 16.5. The topological polar surface area (TPSA) is 97.5 Å². The zero-order valence-corrected chi connectivity index (χ0v) is 9.96. The molecule has 0 aliphatic carbocycles. The van der Waals surface area contributed by atoms with Crippen molar-refractivity contribution in [3.8, 4) is 0 Å². The third-order valence-corrected chi connectivity index (χ3v) is 2.50. The number of ether oxygens (including phenoxy) is 1. The maximum Gasteiger partial charge on any atom is 0.309 e. The van der Waals surface area contributed by atoms with Gasteiger partial charge in [0.1, 0.15) is 0 Å². The quantitative estimate of drug-likeness (QED) is 0.699. The second-order valence-corrected chi connectivity index (χ2v) is 3.68. The average Bonchev–Trinajstić information content (AvgIpc) is 2.64. The van der Waals surface area contributed by atoms with E-state index < -0.39 is 5.97 Å². The summed E-state index contributed by atoms with van der Waals surface area (Å²) in [6.07, 6.45) is 0.490. The minimum atomic E-state index is -0.966. The average molecular weight is 243 g/mol. The Labute approximate surface area is 99.0 Å². The summed E-state index contributed by atoms with van der Waals surface area (Å²) in [7, 11) is 1.52. The van der Waals surface area contributed by atoms with Gasteiger partial charge in [0, 0.05) is 7.11 Å². The molecule has 0 bridgehead atoms. The molecule has 1 atom stereocenters. The van der Waals surface area contributed by atoms with Crippen LogP contribution in [0.2, 0.25) is 0 Å². The van der Waals surface area contributed by atoms with E-state index in [9.17, 15) is 9.90 Å². The fraction of sp³-hybridized carbons (Fsp3) is 0.700. The summed E-state index contributed by atoms with van der Waals surface area (Å²) < 4.78 is 6.56. The molecule has 0 aliphatic heterocycles. The van der Waals surface area contributed by atoms with Crippen LogP contribution in [-0.2, 0) is 22.6 Å². The maximum atomic E-state index is 10.7. The Bertz CT molecular complexity index is 374. The minimum absolute atomic E-state index is 0.0664. The highest BCUT2D eigenvalue weighted by Gasteiger charge is 2.19. The van der Waals surface area contributed by atoms with Gasteiger partial charge >= 0.3 is 5.97 Å². The normalized spacial score (nSPS) is 12.6. The summed E-state index contributed by atoms with van der Waals surface area (Å²) in [5.41, 5.74) is 0.988. The Morgan fingerprint density at radius 2 is 2.29 bits per heavy atom. The number of methoxy groups -OCH3 is 1. The molecule has 1 heterocycles. The molecule has 0 spiro atoms. The van der Waals surface area contributed by atoms with Crippen LogP contribution in [-0.4, -0.2) is 44.9 Å². The Kier molecular flexibility index (Phi) is 5.05. The fourth-order valence-electron chi connectivity index (χ4n) is 1.59. The van der Waals surface area contributed by atoms with Crippen molar-refractivity contribution in [1.29, 1.82) is 0 Å². The third kappa shape index (κ3) is 3.24. The molecule has 96 valence electrons. The lowest BCUT2D eigenvalue weighted by Crippen LogP contribution is -2.17. The summed E-state index contributed by atoms with van der Waals surface area (Å²) >= 11 is 0. The van der Waals surface area contributed by atoms with Crippen molar-refractivity contribution in [2.45, 2.75) is 32.4 Å². The van der Waals surface area contributed by atoms with Crippen LogP contribution in [0.3, 0.4) is 0 Å². The summed E-state index contributed by atoms with van der Waals surface area (Å²) in [4.78, 5) is 10.7. The molecule has 7 heteroatoms. The van der Waals surface area contributed by atoms with Crippen molar-refractivity contribution in [3.63, 3.8) is 0 Å². The van der Waals surface area contributed by atoms with E-state index in [0.29, 0.717) is 17.8 Å². The van der Waals surface area contributed by atoms with Gasteiger partial charge in [-0.1, -0.05) is 12.1 Å². The van der Waals surface area contributed by atoms with Gasteiger partial charge in [-0.2, -0.15) is 0 Å². The molecule has 0 fully saturated rings. The van der Waals surface area contributed by atoms with Crippen LogP contribution >= 0.6 is 0 Å². The van der Waals surface area contributed by atoms with Crippen molar-refractivity contribution in [1.82, 2.24) is 15.0 Å². The summed E-state index contributed by atoms with van der Waals surface area (Å²) in [6.45, 7) is 2.07. The molecule has 0 saturated heterocycles. The first-order valence-corrected chi connectivity index (χ1v) is 5.38. The Hall–Kier alpha value is -1.47. The van der Waals surface area contributed by atoms with Crippen LogP contribution < -0.4 is 0 Å². The number of aromatic nitrogens is 3. The maximum absolute atomic E-state index is 10.7. The predicted molar refractivity (Wildman–Crippen MR) is 58.5 cm³/mol. The van der Waals surface area contributed by atoms with E-state index in [4.69, 9.17) is 9.84 Å². The van der Waals surface area contributed by atoms with Gasteiger partial charge in [-0.25, -0.2) is 4.68 Å². The molecule has 0 amide bonds. The summed E-state index contributed by atoms with van der Waals surface area (Å²) in [5.74, 6) is -0.966. The molecule has 2 N–H and O–H groups in total. The van der Waals surface area contributed by atoms with Gasteiger partial charge < -0.3 is 14.9 Å². The molecular weight excluding hydrogens is 226 g/mol. The van der Waals surface area contributed by atoms with Crippen LogP contribution in [0.1, 0.15) is 30.8 Å². The van der Waals surface area contributed by atoms with Gasteiger partial charge in [-0.15, -0.1) is 5.10 Å². The number of carbonyl (C=O) groups is 1. The molecular formula is C10H17N3O4. The number of hydrogen-bond acceptors (Lipinski definition) is 5. The lowest BCUT2D eigenvalue weighted by Gasteiger charge is -2.14. The van der Waals surface area contributed by atoms with Gasteiger partial charge in [0.2, 0.25) is 0 Å². The predicted octanol–water partition coefficient (Wildman–Crippen LogP) is -0.00500. The van der Waals surface area contributed by atoms with E-state index in [1.165, 1.54) is 7.11 Å². The second kappa shape index (κ2) is 6.31. The van der Waals surface area contributed by atoms with Gasteiger partial charge in [0.05, 0.1) is 37.1 Å². The first kappa shape index (κ1) is 13.6. The van der Waals surface area contributed by atoms with Crippen LogP contribution in [0.15, 0.2) is 0 Å². The number of carboxylic acid groups (broad SMARTS) is 1. The Morgan fingerprint density at radius 1 is 1.59 bits per heavy atom. The number of aliphatic hydroxyl groups excluding tert-OH is 1. The Morgan fingerprint density at radius 3 is 2.76 bits per heavy atom. The summed E-state index contributed by atoms with van der Waals surface area (Å²) in [5, 5.41) is 25.7. The van der Waals surface area contributed by atoms with Gasteiger partial charge in [-0.3, -0.25) is 4.79 Å². The van der Waals surface area contributed by atoms with E-state index in [1.807, 2.05) is 6.92 Å². The smallest absolute Gasteiger partial charge is 0.309 e. The number of nitrogens with zero attached hydrogens (tertiary/aromatic N) is 3. The first-order valence-electron chi connectivity index (χ1n) is 5.38. The van der Waals surface area contributed by atoms with E-state index in [-0.39, 0.29) is 25.7 Å². The van der Waals surface area contributed by atoms with E-state index in [1.54, 1.807) is 4.68 Å². The molecule has 1 rings (SSSR count). The zero-order chi connectivity index (χ0) is 12.8. The van der Waals surface area contributed by atoms with Crippen molar-refractivity contribution in [2.75, 3.05) is 13.7 Å². The molecule has 1 unspecified atom stereocenters. The van der Waals surface area contributed by atoms with E-state index in [0.717, 1.165) is 0 Å². The SMILES string of the molecule is CCC(CO)n1nnc(CC(=O)O)c1COC. The van der Waals surface area contributed by atoms with Crippen LogP contribution in [0.4, 0.5) is 0 Å². The van der Waals surface area contributed by atoms with Gasteiger partial charge in [-0.05, 0) is 6.42 Å².